The molecule has 1 fully saturated rings. The molecule has 0 saturated carbocycles. The summed E-state index contributed by atoms with van der Waals surface area (Å²) in [6, 6.07) is 17.9. The van der Waals surface area contributed by atoms with Crippen molar-refractivity contribution in [2.45, 2.75) is 26.2 Å². The molecule has 1 heterocycles. The van der Waals surface area contributed by atoms with Gasteiger partial charge in [-0.1, -0.05) is 43.3 Å². The number of benzene rings is 2. The fourth-order valence-corrected chi connectivity index (χ4v) is 3.42. The number of nitrogens with one attached hydrogen (secondary N) is 2. The zero-order valence-electron chi connectivity index (χ0n) is 15.8. The highest BCUT2D eigenvalue weighted by Gasteiger charge is 2.35. The van der Waals surface area contributed by atoms with Crippen molar-refractivity contribution in [3.8, 4) is 0 Å². The Morgan fingerprint density at radius 1 is 1.07 bits per heavy atom. The number of carbonyl (C=O) groups excluding carboxylic acids is 2. The standard InChI is InChI=1S/C22H27N3O2/c1-2-17-9-6-7-12-20(17)25-16-18(15-21(25)26)22(27)24-14-8-13-23-19-10-4-3-5-11-19/h3-7,9-12,18,23H,2,8,13-16H2,1H3,(H,24,27). The Labute approximate surface area is 160 Å². The molecule has 1 aliphatic rings. The molecule has 2 amide bonds. The molecule has 27 heavy (non-hydrogen) atoms. The molecule has 1 aliphatic heterocycles. The van der Waals surface area contributed by atoms with Gasteiger partial charge in [-0.3, -0.25) is 9.59 Å². The van der Waals surface area contributed by atoms with Crippen LogP contribution in [0.4, 0.5) is 11.4 Å². The first-order chi connectivity index (χ1) is 13.2. The highest BCUT2D eigenvalue weighted by molar-refractivity contribution is 6.00. The zero-order chi connectivity index (χ0) is 19.1. The van der Waals surface area contributed by atoms with Gasteiger partial charge < -0.3 is 15.5 Å². The van der Waals surface area contributed by atoms with Crippen molar-refractivity contribution >= 4 is 23.2 Å². The van der Waals surface area contributed by atoms with Crippen LogP contribution >= 0.6 is 0 Å². The van der Waals surface area contributed by atoms with Gasteiger partial charge in [-0.15, -0.1) is 0 Å². The summed E-state index contributed by atoms with van der Waals surface area (Å²) >= 11 is 0. The molecule has 1 saturated heterocycles. The number of aryl methyl sites for hydroxylation is 1. The van der Waals surface area contributed by atoms with Gasteiger partial charge in [0.2, 0.25) is 11.8 Å². The Kier molecular flexibility index (Phi) is 6.47. The summed E-state index contributed by atoms with van der Waals surface area (Å²) in [6.45, 7) is 3.94. The predicted molar refractivity (Wildman–Crippen MR) is 109 cm³/mol. The Balaban J connectivity index is 1.45. The number of carbonyl (C=O) groups is 2. The van der Waals surface area contributed by atoms with E-state index in [1.165, 1.54) is 0 Å². The smallest absolute Gasteiger partial charge is 0.227 e. The summed E-state index contributed by atoms with van der Waals surface area (Å²) in [5, 5.41) is 6.30. The first-order valence-electron chi connectivity index (χ1n) is 9.64. The quantitative estimate of drug-likeness (QED) is 0.706. The lowest BCUT2D eigenvalue weighted by Crippen LogP contribution is -2.34. The number of anilines is 2. The number of hydrogen-bond donors (Lipinski definition) is 2. The number of nitrogens with zero attached hydrogens (tertiary/aromatic N) is 1. The molecular weight excluding hydrogens is 338 g/mol. The summed E-state index contributed by atoms with van der Waals surface area (Å²) in [4.78, 5) is 26.6. The minimum absolute atomic E-state index is 0.0282. The van der Waals surface area contributed by atoms with Crippen molar-refractivity contribution in [1.29, 1.82) is 0 Å². The molecular formula is C22H27N3O2. The maximum Gasteiger partial charge on any atom is 0.227 e. The van der Waals surface area contributed by atoms with E-state index in [9.17, 15) is 9.59 Å². The largest absolute Gasteiger partial charge is 0.385 e. The molecule has 5 nitrogen and oxygen atoms in total. The van der Waals surface area contributed by atoms with Gasteiger partial charge >= 0.3 is 0 Å². The highest BCUT2D eigenvalue weighted by Crippen LogP contribution is 2.28. The van der Waals surface area contributed by atoms with Crippen molar-refractivity contribution in [2.24, 2.45) is 5.92 Å². The molecule has 0 aliphatic carbocycles. The van der Waals surface area contributed by atoms with Crippen LogP contribution in [0.1, 0.15) is 25.3 Å². The first kappa shape index (κ1) is 19.0. The zero-order valence-corrected chi connectivity index (χ0v) is 15.8. The van der Waals surface area contributed by atoms with Crippen molar-refractivity contribution in [2.75, 3.05) is 29.9 Å². The number of hydrogen-bond acceptors (Lipinski definition) is 3. The number of amides is 2. The number of rotatable bonds is 8. The van der Waals surface area contributed by atoms with Crippen LogP contribution in [-0.2, 0) is 16.0 Å². The van der Waals surface area contributed by atoms with Crippen LogP contribution in [0.2, 0.25) is 0 Å². The van der Waals surface area contributed by atoms with Gasteiger partial charge in [0.1, 0.15) is 0 Å². The predicted octanol–water partition coefficient (Wildman–Crippen LogP) is 3.22. The van der Waals surface area contributed by atoms with Gasteiger partial charge in [0, 0.05) is 37.4 Å². The first-order valence-corrected chi connectivity index (χ1v) is 9.64. The minimum Gasteiger partial charge on any atom is -0.385 e. The van der Waals surface area contributed by atoms with Gasteiger partial charge in [0.25, 0.3) is 0 Å². The molecule has 2 N–H and O–H groups in total. The summed E-state index contributed by atoms with van der Waals surface area (Å²) in [5.74, 6) is -0.272. The van der Waals surface area contributed by atoms with Crippen LogP contribution < -0.4 is 15.5 Å². The summed E-state index contributed by atoms with van der Waals surface area (Å²) in [5.41, 5.74) is 3.15. The van der Waals surface area contributed by atoms with E-state index in [1.54, 1.807) is 4.90 Å². The van der Waals surface area contributed by atoms with Crippen molar-refractivity contribution < 1.29 is 9.59 Å². The maximum absolute atomic E-state index is 12.4. The van der Waals surface area contributed by atoms with E-state index in [2.05, 4.69) is 17.6 Å². The average Bonchev–Trinajstić information content (AvgIpc) is 3.10. The fraction of sp³-hybridized carbons (Fsp3) is 0.364. The van der Waals surface area contributed by atoms with Crippen molar-refractivity contribution in [3.05, 3.63) is 60.2 Å². The van der Waals surface area contributed by atoms with E-state index in [-0.39, 0.29) is 24.2 Å². The Hall–Kier alpha value is -2.82. The Morgan fingerprint density at radius 3 is 2.59 bits per heavy atom. The van der Waals surface area contributed by atoms with Gasteiger partial charge in [-0.25, -0.2) is 0 Å². The topological polar surface area (TPSA) is 61.4 Å². The van der Waals surface area contributed by atoms with Gasteiger partial charge in [-0.05, 0) is 36.6 Å². The molecule has 0 spiro atoms. The molecule has 5 heteroatoms. The molecule has 1 atom stereocenters. The number of para-hydroxylation sites is 2. The second kappa shape index (κ2) is 9.21. The Morgan fingerprint density at radius 2 is 1.81 bits per heavy atom. The lowest BCUT2D eigenvalue weighted by Gasteiger charge is -2.20. The van der Waals surface area contributed by atoms with Crippen molar-refractivity contribution in [3.63, 3.8) is 0 Å². The second-order valence-corrected chi connectivity index (χ2v) is 6.83. The van der Waals surface area contributed by atoms with Crippen LogP contribution in [0, 0.1) is 5.92 Å². The normalized spacial score (nSPS) is 16.4. The molecule has 0 bridgehead atoms. The Bertz CT molecular complexity index is 776. The van der Waals surface area contributed by atoms with E-state index in [0.29, 0.717) is 13.1 Å². The van der Waals surface area contributed by atoms with Crippen LogP contribution in [0.25, 0.3) is 0 Å². The summed E-state index contributed by atoms with van der Waals surface area (Å²) in [7, 11) is 0. The van der Waals surface area contributed by atoms with E-state index in [1.807, 2.05) is 54.6 Å². The SMILES string of the molecule is CCc1ccccc1N1CC(C(=O)NCCCNc2ccccc2)CC1=O. The summed E-state index contributed by atoms with van der Waals surface area (Å²) < 4.78 is 0. The van der Waals surface area contributed by atoms with Crippen LogP contribution in [0.3, 0.4) is 0 Å². The monoisotopic (exact) mass is 365 g/mol. The molecule has 0 radical (unpaired) electrons. The van der Waals surface area contributed by atoms with Crippen molar-refractivity contribution in [1.82, 2.24) is 5.32 Å². The average molecular weight is 365 g/mol. The molecule has 0 aromatic heterocycles. The van der Waals surface area contributed by atoms with Gasteiger partial charge in [0.15, 0.2) is 0 Å². The molecule has 1 unspecified atom stereocenters. The fourth-order valence-electron chi connectivity index (χ4n) is 3.42. The minimum atomic E-state index is -0.274. The third kappa shape index (κ3) is 4.88. The molecule has 3 rings (SSSR count). The molecule has 142 valence electrons. The summed E-state index contributed by atoms with van der Waals surface area (Å²) in [6.07, 6.45) is 1.99. The third-order valence-corrected chi connectivity index (χ3v) is 4.91. The second-order valence-electron chi connectivity index (χ2n) is 6.83. The van der Waals surface area contributed by atoms with Crippen LogP contribution in [0.15, 0.2) is 54.6 Å². The third-order valence-electron chi connectivity index (χ3n) is 4.91. The van der Waals surface area contributed by atoms with Crippen LogP contribution in [-0.4, -0.2) is 31.4 Å². The highest BCUT2D eigenvalue weighted by atomic mass is 16.2. The lowest BCUT2D eigenvalue weighted by atomic mass is 10.1. The molecule has 2 aromatic carbocycles. The maximum atomic E-state index is 12.4. The van der Waals surface area contributed by atoms with E-state index < -0.39 is 0 Å². The van der Waals surface area contributed by atoms with Gasteiger partial charge in [-0.2, -0.15) is 0 Å². The van der Waals surface area contributed by atoms with E-state index in [0.717, 1.165) is 36.3 Å². The van der Waals surface area contributed by atoms with E-state index in [4.69, 9.17) is 0 Å². The van der Waals surface area contributed by atoms with Crippen LogP contribution in [0.5, 0.6) is 0 Å². The molecule has 2 aromatic rings. The lowest BCUT2D eigenvalue weighted by molar-refractivity contribution is -0.126. The van der Waals surface area contributed by atoms with E-state index >= 15 is 0 Å². The van der Waals surface area contributed by atoms with Gasteiger partial charge in [0.05, 0.1) is 5.92 Å².